The number of carbonyl (C=O) groups is 2. The molecule has 2 aromatic rings. The number of nitrogens with one attached hydrogen (secondary N) is 1. The maximum Gasteiger partial charge on any atom is 0.234 e. The van der Waals surface area contributed by atoms with Crippen LogP contribution in [0, 0.1) is 0 Å². The Morgan fingerprint density at radius 3 is 2.57 bits per heavy atom. The minimum atomic E-state index is 0.0489. The van der Waals surface area contributed by atoms with E-state index in [1.165, 1.54) is 0 Å². The topological polar surface area (TPSA) is 61.9 Å². The maximum absolute atomic E-state index is 12.4. The van der Waals surface area contributed by atoms with E-state index in [1.54, 1.807) is 0 Å². The summed E-state index contributed by atoms with van der Waals surface area (Å²) in [4.78, 5) is 28.1. The molecule has 0 spiro atoms. The van der Waals surface area contributed by atoms with Crippen LogP contribution in [0.5, 0.6) is 5.75 Å². The van der Waals surface area contributed by atoms with Gasteiger partial charge in [0, 0.05) is 44.5 Å². The van der Waals surface area contributed by atoms with Crippen LogP contribution < -0.4 is 10.1 Å². The van der Waals surface area contributed by atoms with E-state index in [2.05, 4.69) is 28.4 Å². The average molecular weight is 383 g/mol. The summed E-state index contributed by atoms with van der Waals surface area (Å²) >= 11 is 0. The molecule has 0 aromatic heterocycles. The Morgan fingerprint density at radius 2 is 1.79 bits per heavy atom. The smallest absolute Gasteiger partial charge is 0.234 e. The Kier molecular flexibility index (Phi) is 7.25. The molecule has 0 unspecified atom stereocenters. The molecule has 0 atom stereocenters. The standard InChI is InChI=1S/C22H29N3O3/c1-2-23-21(26)17-24-12-14-25(15-13-24)22(27)11-6-16-28-20-10-5-8-18-7-3-4-9-19(18)20/h3-5,7-10H,2,6,11-17H2,1H3,(H,23,26). The van der Waals surface area contributed by atoms with Gasteiger partial charge in [-0.05, 0) is 24.8 Å². The van der Waals surface area contributed by atoms with E-state index in [-0.39, 0.29) is 11.8 Å². The van der Waals surface area contributed by atoms with Crippen LogP contribution >= 0.6 is 0 Å². The highest BCUT2D eigenvalue weighted by Gasteiger charge is 2.21. The van der Waals surface area contributed by atoms with Gasteiger partial charge in [-0.1, -0.05) is 36.4 Å². The second-order valence-corrected chi connectivity index (χ2v) is 7.04. The summed E-state index contributed by atoms with van der Waals surface area (Å²) in [6.07, 6.45) is 1.18. The number of hydrogen-bond acceptors (Lipinski definition) is 4. The highest BCUT2D eigenvalue weighted by atomic mass is 16.5. The number of carbonyl (C=O) groups excluding carboxylic acids is 2. The van der Waals surface area contributed by atoms with E-state index in [4.69, 9.17) is 4.74 Å². The Balaban J connectivity index is 1.37. The lowest BCUT2D eigenvalue weighted by Gasteiger charge is -2.34. The van der Waals surface area contributed by atoms with Gasteiger partial charge in [-0.25, -0.2) is 0 Å². The number of piperazine rings is 1. The molecule has 6 nitrogen and oxygen atoms in total. The van der Waals surface area contributed by atoms with Gasteiger partial charge in [0.2, 0.25) is 11.8 Å². The van der Waals surface area contributed by atoms with E-state index < -0.39 is 0 Å². The van der Waals surface area contributed by atoms with E-state index in [9.17, 15) is 9.59 Å². The van der Waals surface area contributed by atoms with Crippen LogP contribution in [0.3, 0.4) is 0 Å². The van der Waals surface area contributed by atoms with Gasteiger partial charge < -0.3 is 15.0 Å². The van der Waals surface area contributed by atoms with Crippen molar-refractivity contribution in [3.8, 4) is 5.75 Å². The van der Waals surface area contributed by atoms with Crippen LogP contribution in [0.15, 0.2) is 42.5 Å². The molecule has 150 valence electrons. The lowest BCUT2D eigenvalue weighted by atomic mass is 10.1. The minimum absolute atomic E-state index is 0.0489. The van der Waals surface area contributed by atoms with Crippen molar-refractivity contribution >= 4 is 22.6 Å². The van der Waals surface area contributed by atoms with E-state index >= 15 is 0 Å². The van der Waals surface area contributed by atoms with E-state index in [1.807, 2.05) is 36.1 Å². The van der Waals surface area contributed by atoms with E-state index in [0.29, 0.717) is 45.6 Å². The molecule has 0 radical (unpaired) electrons. The van der Waals surface area contributed by atoms with E-state index in [0.717, 1.165) is 29.6 Å². The lowest BCUT2D eigenvalue weighted by Crippen LogP contribution is -2.51. The maximum atomic E-state index is 12.4. The summed E-state index contributed by atoms with van der Waals surface area (Å²) in [7, 11) is 0. The SMILES string of the molecule is CCNC(=O)CN1CCN(C(=O)CCCOc2cccc3ccccc23)CC1. The number of amides is 2. The van der Waals surface area contributed by atoms with Crippen LogP contribution in [0.1, 0.15) is 19.8 Å². The molecular weight excluding hydrogens is 354 g/mol. The quantitative estimate of drug-likeness (QED) is 0.711. The van der Waals surface area contributed by atoms with Gasteiger partial charge in [0.05, 0.1) is 13.2 Å². The second kappa shape index (κ2) is 10.1. The van der Waals surface area contributed by atoms with Crippen molar-refractivity contribution in [3.05, 3.63) is 42.5 Å². The predicted molar refractivity (Wildman–Crippen MR) is 110 cm³/mol. The number of likely N-dealkylation sites (N-methyl/N-ethyl adjacent to an activating group) is 1. The number of rotatable bonds is 8. The highest BCUT2D eigenvalue weighted by molar-refractivity contribution is 5.88. The van der Waals surface area contributed by atoms with Gasteiger partial charge >= 0.3 is 0 Å². The van der Waals surface area contributed by atoms with Gasteiger partial charge in [-0.15, -0.1) is 0 Å². The third-order valence-electron chi connectivity index (χ3n) is 5.01. The lowest BCUT2D eigenvalue weighted by molar-refractivity contribution is -0.133. The largest absolute Gasteiger partial charge is 0.493 e. The Morgan fingerprint density at radius 1 is 1.04 bits per heavy atom. The van der Waals surface area contributed by atoms with Crippen LogP contribution in [-0.2, 0) is 9.59 Å². The Bertz CT molecular complexity index is 795. The van der Waals surface area contributed by atoms with Gasteiger partial charge in [-0.3, -0.25) is 14.5 Å². The predicted octanol–water partition coefficient (Wildman–Crippen LogP) is 2.28. The number of nitrogens with zero attached hydrogens (tertiary/aromatic N) is 2. The fourth-order valence-electron chi connectivity index (χ4n) is 3.50. The first-order chi connectivity index (χ1) is 13.7. The number of hydrogen-bond donors (Lipinski definition) is 1. The van der Waals surface area contributed by atoms with Crippen LogP contribution in [0.4, 0.5) is 0 Å². The molecule has 1 fully saturated rings. The van der Waals surface area contributed by atoms with Crippen molar-refractivity contribution in [2.75, 3.05) is 45.9 Å². The Hall–Kier alpha value is -2.60. The molecule has 6 heteroatoms. The molecule has 0 saturated carbocycles. The zero-order chi connectivity index (χ0) is 19.8. The monoisotopic (exact) mass is 383 g/mol. The molecule has 28 heavy (non-hydrogen) atoms. The summed E-state index contributed by atoms with van der Waals surface area (Å²) in [5, 5.41) is 5.06. The van der Waals surface area contributed by atoms with Crippen molar-refractivity contribution in [2.24, 2.45) is 0 Å². The van der Waals surface area contributed by atoms with Crippen molar-refractivity contribution < 1.29 is 14.3 Å². The van der Waals surface area contributed by atoms with Crippen LogP contribution in [0.25, 0.3) is 10.8 Å². The van der Waals surface area contributed by atoms with Gasteiger partial charge in [0.15, 0.2) is 0 Å². The molecular formula is C22H29N3O3. The number of ether oxygens (including phenoxy) is 1. The molecule has 0 bridgehead atoms. The summed E-state index contributed by atoms with van der Waals surface area (Å²) < 4.78 is 5.92. The van der Waals surface area contributed by atoms with Crippen molar-refractivity contribution in [2.45, 2.75) is 19.8 Å². The minimum Gasteiger partial charge on any atom is -0.493 e. The summed E-state index contributed by atoms with van der Waals surface area (Å²) in [5.41, 5.74) is 0. The van der Waals surface area contributed by atoms with Crippen LogP contribution in [-0.4, -0.2) is 67.5 Å². The fourth-order valence-corrected chi connectivity index (χ4v) is 3.50. The molecule has 3 rings (SSSR count). The molecule has 1 aliphatic rings. The van der Waals surface area contributed by atoms with Crippen molar-refractivity contribution in [1.82, 2.24) is 15.1 Å². The third-order valence-corrected chi connectivity index (χ3v) is 5.01. The molecule has 1 aliphatic heterocycles. The molecule has 1 saturated heterocycles. The summed E-state index contributed by atoms with van der Waals surface area (Å²) in [5.74, 6) is 1.08. The molecule has 2 aromatic carbocycles. The molecule has 1 N–H and O–H groups in total. The molecule has 0 aliphatic carbocycles. The third kappa shape index (κ3) is 5.45. The van der Waals surface area contributed by atoms with Gasteiger partial charge in [-0.2, -0.15) is 0 Å². The first-order valence-electron chi connectivity index (χ1n) is 10.0. The first kappa shape index (κ1) is 20.1. The Labute approximate surface area is 166 Å². The van der Waals surface area contributed by atoms with Crippen molar-refractivity contribution in [1.29, 1.82) is 0 Å². The first-order valence-corrected chi connectivity index (χ1v) is 10.0. The van der Waals surface area contributed by atoms with Gasteiger partial charge in [0.1, 0.15) is 5.75 Å². The molecule has 1 heterocycles. The average Bonchev–Trinajstić information content (AvgIpc) is 2.72. The second-order valence-electron chi connectivity index (χ2n) is 7.04. The number of benzene rings is 2. The summed E-state index contributed by atoms with van der Waals surface area (Å²) in [6.45, 7) is 6.36. The molecule has 2 amide bonds. The summed E-state index contributed by atoms with van der Waals surface area (Å²) in [6, 6.07) is 14.2. The van der Waals surface area contributed by atoms with Crippen molar-refractivity contribution in [3.63, 3.8) is 0 Å². The zero-order valence-electron chi connectivity index (χ0n) is 16.5. The fraction of sp³-hybridized carbons (Fsp3) is 0.455. The normalized spacial score (nSPS) is 14.8. The number of fused-ring (bicyclic) bond motifs is 1. The highest BCUT2D eigenvalue weighted by Crippen LogP contribution is 2.25. The zero-order valence-corrected chi connectivity index (χ0v) is 16.5. The van der Waals surface area contributed by atoms with Gasteiger partial charge in [0.25, 0.3) is 0 Å². The van der Waals surface area contributed by atoms with Crippen LogP contribution in [0.2, 0.25) is 0 Å².